The van der Waals surface area contributed by atoms with E-state index in [9.17, 15) is 19.2 Å². The number of aromatic nitrogens is 2. The number of fused-ring (bicyclic) bond motifs is 1. The first-order valence-corrected chi connectivity index (χ1v) is 8.75. The Morgan fingerprint density at radius 1 is 1.22 bits per heavy atom. The summed E-state index contributed by atoms with van der Waals surface area (Å²) in [6.07, 6.45) is 2.70. The fraction of sp³-hybridized carbons (Fsp3) is 0.368. The van der Waals surface area contributed by atoms with E-state index in [4.69, 9.17) is 0 Å². The van der Waals surface area contributed by atoms with Gasteiger partial charge in [0.15, 0.2) is 0 Å². The zero-order valence-electron chi connectivity index (χ0n) is 15.4. The minimum absolute atomic E-state index is 0.177. The Morgan fingerprint density at radius 3 is 2.67 bits per heavy atom. The number of hydrogen-bond acceptors (Lipinski definition) is 4. The summed E-state index contributed by atoms with van der Waals surface area (Å²) < 4.78 is 2.42. The van der Waals surface area contributed by atoms with Gasteiger partial charge < -0.3 is 10.2 Å². The number of nitrogens with one attached hydrogen (secondary N) is 1. The number of likely N-dealkylation sites (tertiary alicyclic amines) is 1. The summed E-state index contributed by atoms with van der Waals surface area (Å²) in [4.78, 5) is 50.4. The van der Waals surface area contributed by atoms with Crippen LogP contribution in [0.1, 0.15) is 12.8 Å². The van der Waals surface area contributed by atoms with E-state index in [-0.39, 0.29) is 23.3 Å². The monoisotopic (exact) mass is 370 g/mol. The van der Waals surface area contributed by atoms with E-state index in [2.05, 4.69) is 11.9 Å². The molecule has 0 bridgehead atoms. The van der Waals surface area contributed by atoms with Crippen molar-refractivity contribution in [3.05, 3.63) is 51.7 Å². The van der Waals surface area contributed by atoms with Crippen LogP contribution in [0.4, 0.5) is 5.69 Å². The van der Waals surface area contributed by atoms with Gasteiger partial charge in [0.05, 0.1) is 16.8 Å². The molecule has 2 aromatic rings. The Morgan fingerprint density at radius 2 is 1.96 bits per heavy atom. The molecule has 27 heavy (non-hydrogen) atoms. The minimum atomic E-state index is -0.429. The number of carbonyl (C=O) groups is 2. The quantitative estimate of drug-likeness (QED) is 0.801. The van der Waals surface area contributed by atoms with Crippen molar-refractivity contribution in [3.8, 4) is 0 Å². The Hall–Kier alpha value is -3.16. The largest absolute Gasteiger partial charge is 0.338 e. The molecule has 8 nitrogen and oxygen atoms in total. The van der Waals surface area contributed by atoms with E-state index in [1.165, 1.54) is 17.7 Å². The average molecular weight is 370 g/mol. The third-order valence-corrected chi connectivity index (χ3v) is 5.01. The maximum atomic E-state index is 12.6. The van der Waals surface area contributed by atoms with Crippen molar-refractivity contribution in [3.63, 3.8) is 0 Å². The lowest BCUT2D eigenvalue weighted by molar-refractivity contribution is -0.130. The van der Waals surface area contributed by atoms with Gasteiger partial charge in [-0.15, -0.1) is 0 Å². The minimum Gasteiger partial charge on any atom is -0.338 e. The molecule has 1 atom stereocenters. The van der Waals surface area contributed by atoms with Crippen LogP contribution in [0, 0.1) is 5.92 Å². The number of amides is 2. The van der Waals surface area contributed by atoms with E-state index in [1.54, 1.807) is 30.1 Å². The van der Waals surface area contributed by atoms with E-state index in [0.717, 1.165) is 11.0 Å². The predicted molar refractivity (Wildman–Crippen MR) is 103 cm³/mol. The number of rotatable bonds is 3. The molecule has 0 radical (unpaired) electrons. The maximum Gasteiger partial charge on any atom is 0.330 e. The Bertz CT molecular complexity index is 1050. The molecule has 1 N–H and O–H groups in total. The lowest BCUT2D eigenvalue weighted by Crippen LogP contribution is -2.43. The van der Waals surface area contributed by atoms with Crippen LogP contribution >= 0.6 is 0 Å². The zero-order chi connectivity index (χ0) is 19.7. The van der Waals surface area contributed by atoms with Crippen molar-refractivity contribution in [1.29, 1.82) is 0 Å². The van der Waals surface area contributed by atoms with Gasteiger partial charge in [-0.05, 0) is 37.1 Å². The predicted octanol–water partition coefficient (Wildman–Crippen LogP) is 0.600. The Kier molecular flexibility index (Phi) is 4.98. The first kappa shape index (κ1) is 18.6. The highest BCUT2D eigenvalue weighted by atomic mass is 16.2. The molecular weight excluding hydrogens is 348 g/mol. The summed E-state index contributed by atoms with van der Waals surface area (Å²) in [5.41, 5.74) is 0.148. The highest BCUT2D eigenvalue weighted by molar-refractivity contribution is 5.95. The number of benzene rings is 1. The number of piperidine rings is 1. The topological polar surface area (TPSA) is 93.4 Å². The number of anilines is 1. The molecule has 1 aromatic carbocycles. The van der Waals surface area contributed by atoms with Crippen molar-refractivity contribution in [2.75, 3.05) is 18.4 Å². The fourth-order valence-electron chi connectivity index (χ4n) is 3.43. The number of nitrogens with zero attached hydrogens (tertiary/aromatic N) is 3. The molecule has 0 spiro atoms. The van der Waals surface area contributed by atoms with Gasteiger partial charge in [0, 0.05) is 32.9 Å². The molecule has 1 aliphatic heterocycles. The average Bonchev–Trinajstić information content (AvgIpc) is 2.70. The van der Waals surface area contributed by atoms with E-state index >= 15 is 0 Å². The summed E-state index contributed by atoms with van der Waals surface area (Å²) in [7, 11) is 3.01. The lowest BCUT2D eigenvalue weighted by atomic mass is 9.97. The molecule has 0 saturated carbocycles. The van der Waals surface area contributed by atoms with Gasteiger partial charge in [0.1, 0.15) is 0 Å². The fourth-order valence-corrected chi connectivity index (χ4v) is 3.43. The summed E-state index contributed by atoms with van der Waals surface area (Å²) in [5, 5.41) is 3.24. The second kappa shape index (κ2) is 7.22. The Labute approximate surface area is 155 Å². The summed E-state index contributed by atoms with van der Waals surface area (Å²) in [6, 6.07) is 4.86. The number of hydrogen-bond donors (Lipinski definition) is 1. The van der Waals surface area contributed by atoms with Gasteiger partial charge in [-0.3, -0.25) is 23.5 Å². The summed E-state index contributed by atoms with van der Waals surface area (Å²) in [6.45, 7) is 4.46. The normalized spacial score (nSPS) is 17.0. The van der Waals surface area contributed by atoms with E-state index in [0.29, 0.717) is 36.1 Å². The van der Waals surface area contributed by atoms with Crippen LogP contribution in [-0.4, -0.2) is 38.9 Å². The highest BCUT2D eigenvalue weighted by Crippen LogP contribution is 2.20. The lowest BCUT2D eigenvalue weighted by Gasteiger charge is -2.31. The second-order valence-corrected chi connectivity index (χ2v) is 6.75. The first-order chi connectivity index (χ1) is 12.8. The van der Waals surface area contributed by atoms with Crippen molar-refractivity contribution >= 4 is 28.4 Å². The van der Waals surface area contributed by atoms with Gasteiger partial charge in [-0.25, -0.2) is 4.79 Å². The van der Waals surface area contributed by atoms with E-state index in [1.807, 2.05) is 0 Å². The third kappa shape index (κ3) is 3.42. The molecule has 0 aliphatic carbocycles. The van der Waals surface area contributed by atoms with Gasteiger partial charge in [-0.2, -0.15) is 0 Å². The van der Waals surface area contributed by atoms with Gasteiger partial charge in [-0.1, -0.05) is 6.58 Å². The van der Waals surface area contributed by atoms with Crippen LogP contribution in [0.2, 0.25) is 0 Å². The SMILES string of the molecule is C=CC(=O)N1CCCC(C(=O)Nc2ccc3c(=O)n(C)c(=O)n(C)c3c2)C1. The van der Waals surface area contributed by atoms with E-state index < -0.39 is 5.69 Å². The summed E-state index contributed by atoms with van der Waals surface area (Å²) >= 11 is 0. The van der Waals surface area contributed by atoms with Crippen LogP contribution in [0.25, 0.3) is 10.9 Å². The second-order valence-electron chi connectivity index (χ2n) is 6.75. The number of aryl methyl sites for hydroxylation is 1. The number of carbonyl (C=O) groups excluding carboxylic acids is 2. The molecule has 1 saturated heterocycles. The molecule has 1 fully saturated rings. The Balaban J connectivity index is 1.85. The van der Waals surface area contributed by atoms with Crippen molar-refractivity contribution < 1.29 is 9.59 Å². The smallest absolute Gasteiger partial charge is 0.330 e. The standard InChI is InChI=1S/C19H22N4O4/c1-4-16(24)23-9-5-6-12(11-23)17(25)20-13-7-8-14-15(10-13)21(2)19(27)22(3)18(14)26/h4,7-8,10,12H,1,5-6,9,11H2,2-3H3,(H,20,25). The van der Waals surface area contributed by atoms with Crippen LogP contribution < -0.4 is 16.6 Å². The molecule has 3 rings (SSSR count). The zero-order valence-corrected chi connectivity index (χ0v) is 15.4. The molecule has 1 aromatic heterocycles. The van der Waals surface area contributed by atoms with Gasteiger partial charge >= 0.3 is 5.69 Å². The first-order valence-electron chi connectivity index (χ1n) is 8.75. The van der Waals surface area contributed by atoms with Gasteiger partial charge in [0.2, 0.25) is 11.8 Å². The third-order valence-electron chi connectivity index (χ3n) is 5.01. The maximum absolute atomic E-state index is 12.6. The molecule has 1 aliphatic rings. The van der Waals surface area contributed by atoms with Crippen LogP contribution in [-0.2, 0) is 23.7 Å². The van der Waals surface area contributed by atoms with Crippen LogP contribution in [0.5, 0.6) is 0 Å². The van der Waals surface area contributed by atoms with Crippen LogP contribution in [0.3, 0.4) is 0 Å². The molecule has 2 amide bonds. The van der Waals surface area contributed by atoms with Crippen molar-refractivity contribution in [2.45, 2.75) is 12.8 Å². The summed E-state index contributed by atoms with van der Waals surface area (Å²) in [5.74, 6) is -0.681. The van der Waals surface area contributed by atoms with Crippen molar-refractivity contribution in [1.82, 2.24) is 14.0 Å². The molecular formula is C19H22N4O4. The van der Waals surface area contributed by atoms with Gasteiger partial charge in [0.25, 0.3) is 5.56 Å². The van der Waals surface area contributed by atoms with Crippen LogP contribution in [0.15, 0.2) is 40.4 Å². The van der Waals surface area contributed by atoms with Crippen molar-refractivity contribution in [2.24, 2.45) is 20.0 Å². The molecule has 1 unspecified atom stereocenters. The molecule has 142 valence electrons. The molecule has 8 heteroatoms. The molecule has 2 heterocycles. The highest BCUT2D eigenvalue weighted by Gasteiger charge is 2.27.